The highest BCUT2D eigenvalue weighted by atomic mass is 32.2. The molecule has 16 heavy (non-hydrogen) atoms. The second kappa shape index (κ2) is 4.50. The number of ether oxygens (including phenoxy) is 1. The number of aryl methyl sites for hydroxylation is 1. The van der Waals surface area contributed by atoms with Crippen LogP contribution < -0.4 is 9.88 Å². The number of hydrogen-bond acceptors (Lipinski definition) is 4. The highest BCUT2D eigenvalue weighted by Gasteiger charge is 2.12. The molecule has 0 aliphatic rings. The van der Waals surface area contributed by atoms with Crippen molar-refractivity contribution in [3.05, 3.63) is 23.8 Å². The smallest absolute Gasteiger partial charge is 0.341 e. The van der Waals surface area contributed by atoms with Gasteiger partial charge >= 0.3 is 5.97 Å². The van der Waals surface area contributed by atoms with Crippen LogP contribution in [0.25, 0.3) is 0 Å². The molecule has 0 aliphatic carbocycles. The summed E-state index contributed by atoms with van der Waals surface area (Å²) < 4.78 is 27.0. The molecular formula is C9H11NO5S. The van der Waals surface area contributed by atoms with Gasteiger partial charge in [0.05, 0.1) is 4.90 Å². The molecule has 1 aromatic rings. The van der Waals surface area contributed by atoms with E-state index in [1.807, 2.05) is 0 Å². The van der Waals surface area contributed by atoms with Crippen LogP contribution in [0.3, 0.4) is 0 Å². The van der Waals surface area contributed by atoms with E-state index in [1.165, 1.54) is 18.2 Å². The summed E-state index contributed by atoms with van der Waals surface area (Å²) in [5.41, 5.74) is 0.408. The van der Waals surface area contributed by atoms with Crippen molar-refractivity contribution in [1.29, 1.82) is 0 Å². The van der Waals surface area contributed by atoms with E-state index in [-0.39, 0.29) is 10.6 Å². The Bertz CT molecular complexity index is 509. The van der Waals surface area contributed by atoms with Gasteiger partial charge in [0.15, 0.2) is 6.61 Å². The van der Waals surface area contributed by atoms with E-state index in [2.05, 4.69) is 0 Å². The van der Waals surface area contributed by atoms with Crippen LogP contribution in [-0.4, -0.2) is 26.1 Å². The standard InChI is InChI=1S/C9H11NO5S/c1-6-4-7(15-5-9(11)12)2-3-8(6)16(10,13)14/h2-4H,5H2,1H3,(H,11,12)(H2,10,13,14). The molecule has 0 fully saturated rings. The quantitative estimate of drug-likeness (QED) is 0.782. The number of hydrogen-bond donors (Lipinski definition) is 2. The highest BCUT2D eigenvalue weighted by Crippen LogP contribution is 2.19. The molecule has 0 aliphatic heterocycles. The minimum Gasteiger partial charge on any atom is -0.482 e. The van der Waals surface area contributed by atoms with Gasteiger partial charge in [-0.2, -0.15) is 0 Å². The van der Waals surface area contributed by atoms with Crippen molar-refractivity contribution in [3.63, 3.8) is 0 Å². The number of nitrogens with two attached hydrogens (primary N) is 1. The van der Waals surface area contributed by atoms with Gasteiger partial charge in [-0.05, 0) is 30.7 Å². The fourth-order valence-corrected chi connectivity index (χ4v) is 1.94. The summed E-state index contributed by atoms with van der Waals surface area (Å²) in [6.07, 6.45) is 0. The van der Waals surface area contributed by atoms with Gasteiger partial charge in [-0.15, -0.1) is 0 Å². The first-order valence-corrected chi connectivity index (χ1v) is 5.83. The summed E-state index contributed by atoms with van der Waals surface area (Å²) in [5, 5.41) is 13.4. The summed E-state index contributed by atoms with van der Waals surface area (Å²) in [7, 11) is -3.75. The SMILES string of the molecule is Cc1cc(OCC(=O)O)ccc1S(N)(=O)=O. The molecule has 0 unspecified atom stereocenters. The van der Waals surface area contributed by atoms with Crippen LogP contribution in [0.2, 0.25) is 0 Å². The predicted molar refractivity (Wildman–Crippen MR) is 55.7 cm³/mol. The molecule has 3 N–H and O–H groups in total. The van der Waals surface area contributed by atoms with Gasteiger partial charge < -0.3 is 9.84 Å². The minimum absolute atomic E-state index is 0.00447. The lowest BCUT2D eigenvalue weighted by Gasteiger charge is -2.07. The van der Waals surface area contributed by atoms with E-state index in [0.29, 0.717) is 5.56 Å². The Kier molecular flexibility index (Phi) is 3.51. The van der Waals surface area contributed by atoms with E-state index < -0.39 is 22.6 Å². The van der Waals surface area contributed by atoms with Gasteiger partial charge in [0.2, 0.25) is 10.0 Å². The Hall–Kier alpha value is -1.60. The van der Waals surface area contributed by atoms with E-state index in [1.54, 1.807) is 6.92 Å². The van der Waals surface area contributed by atoms with E-state index >= 15 is 0 Å². The van der Waals surface area contributed by atoms with Crippen molar-refractivity contribution in [1.82, 2.24) is 0 Å². The third kappa shape index (κ3) is 3.21. The maximum atomic E-state index is 11.1. The summed E-state index contributed by atoms with van der Waals surface area (Å²) in [4.78, 5) is 10.2. The van der Waals surface area contributed by atoms with Crippen molar-refractivity contribution >= 4 is 16.0 Å². The van der Waals surface area contributed by atoms with Crippen LogP contribution in [0.1, 0.15) is 5.56 Å². The molecule has 0 bridgehead atoms. The Morgan fingerprint density at radius 2 is 2.12 bits per heavy atom. The monoisotopic (exact) mass is 245 g/mol. The molecule has 0 aromatic heterocycles. The number of sulfonamides is 1. The molecular weight excluding hydrogens is 234 g/mol. The molecule has 1 aromatic carbocycles. The zero-order chi connectivity index (χ0) is 12.3. The first-order chi connectivity index (χ1) is 7.30. The number of carboxylic acids is 1. The second-order valence-electron chi connectivity index (χ2n) is 3.15. The fourth-order valence-electron chi connectivity index (χ4n) is 1.18. The lowest BCUT2D eigenvalue weighted by atomic mass is 10.2. The van der Waals surface area contributed by atoms with Gasteiger partial charge in [-0.1, -0.05) is 0 Å². The van der Waals surface area contributed by atoms with Crippen molar-refractivity contribution < 1.29 is 23.1 Å². The molecule has 7 heteroatoms. The van der Waals surface area contributed by atoms with Gasteiger partial charge in [0.25, 0.3) is 0 Å². The van der Waals surface area contributed by atoms with Crippen LogP contribution in [0, 0.1) is 6.92 Å². The number of carboxylic acid groups (broad SMARTS) is 1. The molecule has 88 valence electrons. The number of rotatable bonds is 4. The average molecular weight is 245 g/mol. The van der Waals surface area contributed by atoms with Crippen molar-refractivity contribution in [2.75, 3.05) is 6.61 Å². The van der Waals surface area contributed by atoms with Crippen LogP contribution >= 0.6 is 0 Å². The summed E-state index contributed by atoms with van der Waals surface area (Å²) >= 11 is 0. The lowest BCUT2D eigenvalue weighted by molar-refractivity contribution is -0.139. The van der Waals surface area contributed by atoms with Crippen molar-refractivity contribution in [3.8, 4) is 5.75 Å². The molecule has 0 atom stereocenters. The van der Waals surface area contributed by atoms with E-state index in [4.69, 9.17) is 15.0 Å². The Balaban J connectivity index is 2.96. The predicted octanol–water partition coefficient (Wildman–Crippen LogP) is 0.106. The molecule has 6 nitrogen and oxygen atoms in total. The lowest BCUT2D eigenvalue weighted by Crippen LogP contribution is -2.14. The first kappa shape index (κ1) is 12.5. The van der Waals surface area contributed by atoms with Gasteiger partial charge in [0.1, 0.15) is 5.75 Å². The highest BCUT2D eigenvalue weighted by molar-refractivity contribution is 7.89. The maximum Gasteiger partial charge on any atom is 0.341 e. The normalized spacial score (nSPS) is 11.1. The van der Waals surface area contributed by atoms with Crippen LogP contribution in [0.15, 0.2) is 23.1 Å². The minimum atomic E-state index is -3.75. The summed E-state index contributed by atoms with van der Waals surface area (Å²) in [6.45, 7) is 1.07. The molecule has 0 amide bonds. The molecule has 0 heterocycles. The topological polar surface area (TPSA) is 107 Å². The van der Waals surface area contributed by atoms with Gasteiger partial charge in [0, 0.05) is 0 Å². The Morgan fingerprint density at radius 1 is 1.50 bits per heavy atom. The number of carbonyl (C=O) groups is 1. The Morgan fingerprint density at radius 3 is 2.56 bits per heavy atom. The van der Waals surface area contributed by atoms with Crippen LogP contribution in [0.5, 0.6) is 5.75 Å². The van der Waals surface area contributed by atoms with Crippen molar-refractivity contribution in [2.24, 2.45) is 5.14 Å². The molecule has 0 saturated heterocycles. The number of aliphatic carboxylic acids is 1. The van der Waals surface area contributed by atoms with Gasteiger partial charge in [-0.3, -0.25) is 0 Å². The fraction of sp³-hybridized carbons (Fsp3) is 0.222. The van der Waals surface area contributed by atoms with Crippen molar-refractivity contribution in [2.45, 2.75) is 11.8 Å². The van der Waals surface area contributed by atoms with Gasteiger partial charge in [-0.25, -0.2) is 18.4 Å². The number of benzene rings is 1. The summed E-state index contributed by atoms with van der Waals surface area (Å²) in [6, 6.07) is 4.06. The molecule has 0 saturated carbocycles. The summed E-state index contributed by atoms with van der Waals surface area (Å²) in [5.74, 6) is -0.819. The Labute approximate surface area is 92.7 Å². The largest absolute Gasteiger partial charge is 0.482 e. The van der Waals surface area contributed by atoms with E-state index in [0.717, 1.165) is 0 Å². The third-order valence-electron chi connectivity index (χ3n) is 1.82. The molecule has 1 rings (SSSR count). The van der Waals surface area contributed by atoms with Crippen LogP contribution in [-0.2, 0) is 14.8 Å². The average Bonchev–Trinajstić information content (AvgIpc) is 2.12. The molecule has 0 spiro atoms. The van der Waals surface area contributed by atoms with Crippen LogP contribution in [0.4, 0.5) is 0 Å². The maximum absolute atomic E-state index is 11.1. The zero-order valence-corrected chi connectivity index (χ0v) is 9.32. The second-order valence-corrected chi connectivity index (χ2v) is 4.68. The first-order valence-electron chi connectivity index (χ1n) is 4.29. The number of primary sulfonamides is 1. The van der Waals surface area contributed by atoms with E-state index in [9.17, 15) is 13.2 Å². The third-order valence-corrected chi connectivity index (χ3v) is 2.89. The molecule has 0 radical (unpaired) electrons. The zero-order valence-electron chi connectivity index (χ0n) is 8.50.